The van der Waals surface area contributed by atoms with E-state index in [1.807, 2.05) is 18.2 Å². The second kappa shape index (κ2) is 9.78. The van der Waals surface area contributed by atoms with E-state index in [1.165, 1.54) is 7.11 Å². The van der Waals surface area contributed by atoms with E-state index in [0.717, 1.165) is 79.8 Å². The summed E-state index contributed by atoms with van der Waals surface area (Å²) in [4.78, 5) is 20.1. The number of methoxy groups -OCH3 is 1. The number of hydrogen-bond acceptors (Lipinski definition) is 7. The predicted octanol–water partition coefficient (Wildman–Crippen LogP) is 4.18. The normalized spacial score (nSPS) is 16.5. The van der Waals surface area contributed by atoms with Crippen molar-refractivity contribution in [3.8, 4) is 22.6 Å². The van der Waals surface area contributed by atoms with E-state index in [2.05, 4.69) is 20.5 Å². The van der Waals surface area contributed by atoms with Crippen molar-refractivity contribution in [3.63, 3.8) is 0 Å². The summed E-state index contributed by atoms with van der Waals surface area (Å²) in [6.45, 7) is 5.72. The Morgan fingerprint density at radius 2 is 2.03 bits per heavy atom. The van der Waals surface area contributed by atoms with Crippen molar-refractivity contribution in [2.45, 2.75) is 12.8 Å². The van der Waals surface area contributed by atoms with Gasteiger partial charge >= 0.3 is 0 Å². The molecule has 3 aromatic rings. The maximum Gasteiger partial charge on any atom is 0.176 e. The Hall–Kier alpha value is -2.87. The molecular weight excluding hydrogens is 452 g/mol. The molecule has 0 unspecified atom stereocenters. The molecule has 1 aliphatic heterocycles. The highest BCUT2D eigenvalue weighted by molar-refractivity contribution is 6.32. The van der Waals surface area contributed by atoms with Crippen LogP contribution in [0.1, 0.15) is 23.2 Å². The summed E-state index contributed by atoms with van der Waals surface area (Å²) < 4.78 is 5.28. The van der Waals surface area contributed by atoms with Gasteiger partial charge in [0.2, 0.25) is 0 Å². The maximum atomic E-state index is 13.1. The molecule has 0 spiro atoms. The number of pyridine rings is 1. The van der Waals surface area contributed by atoms with Crippen LogP contribution in [0, 0.1) is 5.92 Å². The Balaban J connectivity index is 1.53. The zero-order valence-electron chi connectivity index (χ0n) is 19.2. The minimum atomic E-state index is -0.0806. The Bertz CT molecular complexity index is 1220. The van der Waals surface area contributed by atoms with E-state index in [9.17, 15) is 9.90 Å². The number of carbonyl (C=O) groups is 1. The van der Waals surface area contributed by atoms with E-state index in [4.69, 9.17) is 16.3 Å². The average Bonchev–Trinajstić information content (AvgIpc) is 3.71. The molecule has 0 amide bonds. The van der Waals surface area contributed by atoms with Gasteiger partial charge in [0.1, 0.15) is 0 Å². The highest BCUT2D eigenvalue weighted by Gasteiger charge is 2.32. The van der Waals surface area contributed by atoms with Gasteiger partial charge in [-0.3, -0.25) is 14.7 Å². The second-order valence-electron chi connectivity index (χ2n) is 8.94. The van der Waals surface area contributed by atoms with Crippen molar-refractivity contribution in [1.82, 2.24) is 15.2 Å². The number of Topliss-reactive ketones (excluding diaryl/α,β-unsaturated/α-hetero) is 1. The number of halogens is 1. The highest BCUT2D eigenvalue weighted by Crippen LogP contribution is 2.40. The molecular formula is C26H29ClN4O3. The van der Waals surface area contributed by atoms with Gasteiger partial charge in [-0.2, -0.15) is 0 Å². The smallest absolute Gasteiger partial charge is 0.176 e. The van der Waals surface area contributed by atoms with Gasteiger partial charge in [-0.1, -0.05) is 17.7 Å². The monoisotopic (exact) mass is 480 g/mol. The molecule has 2 aromatic carbocycles. The summed E-state index contributed by atoms with van der Waals surface area (Å²) >= 11 is 6.24. The number of ketones is 1. The Morgan fingerprint density at radius 1 is 1.24 bits per heavy atom. The number of hydrogen-bond donors (Lipinski definition) is 3. The van der Waals surface area contributed by atoms with Gasteiger partial charge < -0.3 is 20.5 Å². The summed E-state index contributed by atoms with van der Waals surface area (Å²) in [6, 6.07) is 9.41. The minimum absolute atomic E-state index is 0.0806. The molecule has 1 aromatic heterocycles. The van der Waals surface area contributed by atoms with Crippen LogP contribution in [-0.2, 0) is 0 Å². The van der Waals surface area contributed by atoms with Crippen LogP contribution < -0.4 is 15.4 Å². The van der Waals surface area contributed by atoms with Crippen LogP contribution in [0.3, 0.4) is 0 Å². The first kappa shape index (κ1) is 22.9. The lowest BCUT2D eigenvalue weighted by atomic mass is 9.98. The average molecular weight is 481 g/mol. The van der Waals surface area contributed by atoms with Crippen LogP contribution in [0.25, 0.3) is 22.0 Å². The molecule has 1 saturated carbocycles. The lowest BCUT2D eigenvalue weighted by Crippen LogP contribution is -2.45. The fraction of sp³-hybridized carbons (Fsp3) is 0.385. The largest absolute Gasteiger partial charge is 0.503 e. The van der Waals surface area contributed by atoms with Crippen molar-refractivity contribution in [3.05, 3.63) is 47.1 Å². The number of piperazine rings is 1. The fourth-order valence-corrected chi connectivity index (χ4v) is 4.70. The first-order valence-electron chi connectivity index (χ1n) is 11.8. The number of aromatic hydroxyl groups is 1. The number of ether oxygens (including phenoxy) is 1. The molecule has 7 nitrogen and oxygen atoms in total. The molecule has 1 aliphatic carbocycles. The van der Waals surface area contributed by atoms with E-state index in [-0.39, 0.29) is 22.5 Å². The molecule has 0 bridgehead atoms. The molecule has 0 radical (unpaired) electrons. The first-order chi connectivity index (χ1) is 16.5. The van der Waals surface area contributed by atoms with Gasteiger partial charge in [0, 0.05) is 56.8 Å². The number of phenolic OH excluding ortho intramolecular Hbond substituents is 1. The maximum absolute atomic E-state index is 13.1. The number of anilines is 1. The summed E-state index contributed by atoms with van der Waals surface area (Å²) in [7, 11) is 1.50. The summed E-state index contributed by atoms with van der Waals surface area (Å²) in [5, 5.41) is 18.2. The quantitative estimate of drug-likeness (QED) is 0.417. The van der Waals surface area contributed by atoms with Crippen LogP contribution in [-0.4, -0.2) is 67.2 Å². The number of carbonyl (C=O) groups excluding carboxylic acids is 1. The Kier molecular flexibility index (Phi) is 6.59. The molecule has 1 saturated heterocycles. The number of nitrogens with one attached hydrogen (secondary N) is 2. The second-order valence-corrected chi connectivity index (χ2v) is 9.35. The lowest BCUT2D eigenvalue weighted by Gasteiger charge is -2.27. The number of nitrogens with zero attached hydrogens (tertiary/aromatic N) is 2. The van der Waals surface area contributed by atoms with E-state index in [0.29, 0.717) is 11.3 Å². The molecule has 178 valence electrons. The molecule has 2 fully saturated rings. The number of aromatic nitrogens is 1. The van der Waals surface area contributed by atoms with Gasteiger partial charge in [-0.05, 0) is 48.2 Å². The van der Waals surface area contributed by atoms with Gasteiger partial charge in [-0.15, -0.1) is 0 Å². The van der Waals surface area contributed by atoms with Crippen LogP contribution in [0.5, 0.6) is 11.5 Å². The van der Waals surface area contributed by atoms with Crippen molar-refractivity contribution in [2.75, 3.05) is 51.7 Å². The number of fused-ring (bicyclic) bond motifs is 1. The molecule has 2 aliphatic rings. The van der Waals surface area contributed by atoms with Gasteiger partial charge in [-0.25, -0.2) is 0 Å². The molecule has 3 N–H and O–H groups in total. The third-order valence-electron chi connectivity index (χ3n) is 6.60. The van der Waals surface area contributed by atoms with E-state index >= 15 is 0 Å². The SMILES string of the molecule is COc1cc(-c2ccc3ncc(C(=O)C4CC4)c(NCCN4CCNCC4)c3c2)cc(Cl)c1O. The lowest BCUT2D eigenvalue weighted by molar-refractivity contribution is 0.0968. The van der Waals surface area contributed by atoms with Gasteiger partial charge in [0.15, 0.2) is 17.3 Å². The predicted molar refractivity (Wildman–Crippen MR) is 135 cm³/mol. The standard InChI is InChI=1S/C26H29ClN4O3/c1-34-23-14-18(13-21(27)26(23)33)17-4-5-22-19(12-17)24(20(15-30-22)25(32)16-2-3-16)29-8-11-31-9-6-28-7-10-31/h4-5,12-16,28,33H,2-3,6-11H2,1H3,(H,29,30). The van der Waals surface area contributed by atoms with Crippen LogP contribution in [0.4, 0.5) is 5.69 Å². The Labute approximate surface area is 204 Å². The molecule has 8 heteroatoms. The number of phenols is 1. The highest BCUT2D eigenvalue weighted by atomic mass is 35.5. The summed E-state index contributed by atoms with van der Waals surface area (Å²) in [5.74, 6) is 0.505. The number of rotatable bonds is 8. The van der Waals surface area contributed by atoms with Crippen molar-refractivity contribution in [2.24, 2.45) is 5.92 Å². The molecule has 34 heavy (non-hydrogen) atoms. The van der Waals surface area contributed by atoms with Crippen molar-refractivity contribution >= 4 is 34.0 Å². The third kappa shape index (κ3) is 4.69. The first-order valence-corrected chi connectivity index (χ1v) is 12.1. The molecule has 2 heterocycles. The zero-order valence-corrected chi connectivity index (χ0v) is 20.0. The van der Waals surface area contributed by atoms with Gasteiger partial charge in [0.25, 0.3) is 0 Å². The van der Waals surface area contributed by atoms with Crippen molar-refractivity contribution in [1.29, 1.82) is 0 Å². The topological polar surface area (TPSA) is 86.7 Å². The Morgan fingerprint density at radius 3 is 2.76 bits per heavy atom. The van der Waals surface area contributed by atoms with Gasteiger partial charge in [0.05, 0.1) is 28.9 Å². The summed E-state index contributed by atoms with van der Waals surface area (Å²) in [6.07, 6.45) is 3.61. The van der Waals surface area contributed by atoms with Crippen molar-refractivity contribution < 1.29 is 14.6 Å². The van der Waals surface area contributed by atoms with Crippen LogP contribution >= 0.6 is 11.6 Å². The fourth-order valence-electron chi connectivity index (χ4n) is 4.48. The summed E-state index contributed by atoms with van der Waals surface area (Å²) in [5.41, 5.74) is 4.03. The molecule has 5 rings (SSSR count). The minimum Gasteiger partial charge on any atom is -0.503 e. The third-order valence-corrected chi connectivity index (χ3v) is 6.89. The number of benzene rings is 2. The van der Waals surface area contributed by atoms with Crippen LogP contribution in [0.15, 0.2) is 36.5 Å². The van der Waals surface area contributed by atoms with E-state index < -0.39 is 0 Å². The van der Waals surface area contributed by atoms with E-state index in [1.54, 1.807) is 18.3 Å². The molecule has 0 atom stereocenters. The zero-order chi connectivity index (χ0) is 23.7. The van der Waals surface area contributed by atoms with Crippen LogP contribution in [0.2, 0.25) is 5.02 Å².